The normalized spacial score (nSPS) is 16.8. The second-order valence-corrected chi connectivity index (χ2v) is 6.97. The van der Waals surface area contributed by atoms with E-state index in [1.807, 2.05) is 24.3 Å². The Balaban J connectivity index is 1.98. The summed E-state index contributed by atoms with van der Waals surface area (Å²) < 4.78 is 1.15. The van der Waals surface area contributed by atoms with Gasteiger partial charge >= 0.3 is 0 Å². The van der Waals surface area contributed by atoms with Gasteiger partial charge in [-0.3, -0.25) is 0 Å². The predicted molar refractivity (Wildman–Crippen MR) is 88.9 cm³/mol. The fourth-order valence-electron chi connectivity index (χ4n) is 2.77. The second kappa shape index (κ2) is 5.69. The molecule has 1 aliphatic heterocycles. The minimum Gasteiger partial charge on any atom is -0.315 e. The SMILES string of the molecule is Clc1ccc(Cl)c(CC2(c3ccccc3Br)CNC2)c1. The molecule has 0 bridgehead atoms. The van der Waals surface area contributed by atoms with Crippen LogP contribution in [-0.4, -0.2) is 13.1 Å². The number of hydrogen-bond donors (Lipinski definition) is 1. The van der Waals surface area contributed by atoms with Gasteiger partial charge in [0.1, 0.15) is 0 Å². The Hall–Kier alpha value is -0.540. The maximum absolute atomic E-state index is 6.32. The molecule has 2 aromatic carbocycles. The highest BCUT2D eigenvalue weighted by Gasteiger charge is 2.40. The van der Waals surface area contributed by atoms with Crippen LogP contribution >= 0.6 is 39.1 Å². The molecular formula is C16H14BrCl2N. The molecule has 2 aromatic rings. The Bertz CT molecular complexity index is 638. The largest absolute Gasteiger partial charge is 0.315 e. The molecule has 0 unspecified atom stereocenters. The van der Waals surface area contributed by atoms with E-state index in [1.54, 1.807) is 0 Å². The summed E-state index contributed by atoms with van der Waals surface area (Å²) in [6.45, 7) is 1.91. The van der Waals surface area contributed by atoms with Crippen molar-refractivity contribution in [2.24, 2.45) is 0 Å². The van der Waals surface area contributed by atoms with Crippen molar-refractivity contribution in [2.45, 2.75) is 11.8 Å². The lowest BCUT2D eigenvalue weighted by Gasteiger charge is -2.44. The van der Waals surface area contributed by atoms with Crippen molar-refractivity contribution in [1.29, 1.82) is 0 Å². The van der Waals surface area contributed by atoms with Gasteiger partial charge in [0.2, 0.25) is 0 Å². The Kier molecular flexibility index (Phi) is 4.09. The average molecular weight is 371 g/mol. The highest BCUT2D eigenvalue weighted by molar-refractivity contribution is 9.10. The van der Waals surface area contributed by atoms with Crippen LogP contribution in [0.3, 0.4) is 0 Å². The lowest BCUT2D eigenvalue weighted by atomic mass is 9.71. The number of benzene rings is 2. The molecule has 1 saturated heterocycles. The van der Waals surface area contributed by atoms with Crippen LogP contribution in [0.1, 0.15) is 11.1 Å². The maximum atomic E-state index is 6.32. The van der Waals surface area contributed by atoms with Crippen LogP contribution < -0.4 is 5.32 Å². The Labute approximate surface area is 137 Å². The summed E-state index contributed by atoms with van der Waals surface area (Å²) in [5, 5.41) is 4.91. The average Bonchev–Trinajstić information content (AvgIpc) is 2.39. The minimum atomic E-state index is 0.0917. The molecule has 1 nitrogen and oxygen atoms in total. The molecule has 20 heavy (non-hydrogen) atoms. The van der Waals surface area contributed by atoms with Gasteiger partial charge in [-0.1, -0.05) is 57.3 Å². The molecule has 0 amide bonds. The molecule has 0 radical (unpaired) electrons. The first kappa shape index (κ1) is 14.4. The van der Waals surface area contributed by atoms with Crippen LogP contribution in [-0.2, 0) is 11.8 Å². The van der Waals surface area contributed by atoms with E-state index in [-0.39, 0.29) is 5.41 Å². The summed E-state index contributed by atoms with van der Waals surface area (Å²) in [6, 6.07) is 14.1. The van der Waals surface area contributed by atoms with Gasteiger partial charge in [-0.15, -0.1) is 0 Å². The summed E-state index contributed by atoms with van der Waals surface area (Å²) in [5.74, 6) is 0. The summed E-state index contributed by atoms with van der Waals surface area (Å²) >= 11 is 16.1. The standard InChI is InChI=1S/C16H14BrCl2N/c17-14-4-2-1-3-13(14)16(9-20-10-16)8-11-7-12(18)5-6-15(11)19/h1-7,20H,8-10H2. The minimum absolute atomic E-state index is 0.0917. The van der Waals surface area contributed by atoms with Crippen molar-refractivity contribution in [3.63, 3.8) is 0 Å². The molecular weight excluding hydrogens is 357 g/mol. The molecule has 1 aliphatic rings. The number of halogens is 3. The summed E-state index contributed by atoms with van der Waals surface area (Å²) in [6.07, 6.45) is 0.891. The third kappa shape index (κ3) is 2.62. The molecule has 0 saturated carbocycles. The molecule has 0 atom stereocenters. The third-order valence-corrected chi connectivity index (χ3v) is 5.20. The summed E-state index contributed by atoms with van der Waals surface area (Å²) in [4.78, 5) is 0. The lowest BCUT2D eigenvalue weighted by Crippen LogP contribution is -2.58. The van der Waals surface area contributed by atoms with E-state index in [1.165, 1.54) is 5.56 Å². The fourth-order valence-corrected chi connectivity index (χ4v) is 3.86. The molecule has 0 spiro atoms. The van der Waals surface area contributed by atoms with E-state index < -0.39 is 0 Å². The zero-order valence-corrected chi connectivity index (χ0v) is 13.9. The lowest BCUT2D eigenvalue weighted by molar-refractivity contribution is 0.273. The fraction of sp³-hybridized carbons (Fsp3) is 0.250. The van der Waals surface area contributed by atoms with Crippen LogP contribution in [0, 0.1) is 0 Å². The highest BCUT2D eigenvalue weighted by atomic mass is 79.9. The predicted octanol–water partition coefficient (Wildman–Crippen LogP) is 4.84. The van der Waals surface area contributed by atoms with Crippen molar-refractivity contribution in [3.05, 3.63) is 68.1 Å². The monoisotopic (exact) mass is 369 g/mol. The van der Waals surface area contributed by atoms with E-state index in [4.69, 9.17) is 23.2 Å². The highest BCUT2D eigenvalue weighted by Crippen LogP contribution is 2.38. The van der Waals surface area contributed by atoms with Crippen molar-refractivity contribution < 1.29 is 0 Å². The second-order valence-electron chi connectivity index (χ2n) is 5.28. The molecule has 0 aromatic heterocycles. The van der Waals surface area contributed by atoms with Crippen LogP contribution in [0.2, 0.25) is 10.0 Å². The van der Waals surface area contributed by atoms with Gasteiger partial charge in [-0.25, -0.2) is 0 Å². The van der Waals surface area contributed by atoms with Gasteiger partial charge in [-0.05, 0) is 41.8 Å². The van der Waals surface area contributed by atoms with Crippen molar-refractivity contribution in [1.82, 2.24) is 5.32 Å². The number of hydrogen-bond acceptors (Lipinski definition) is 1. The molecule has 1 N–H and O–H groups in total. The zero-order valence-electron chi connectivity index (χ0n) is 10.8. The van der Waals surface area contributed by atoms with E-state index in [0.29, 0.717) is 0 Å². The smallest absolute Gasteiger partial charge is 0.0439 e. The van der Waals surface area contributed by atoms with Crippen LogP contribution in [0.5, 0.6) is 0 Å². The van der Waals surface area contributed by atoms with Crippen molar-refractivity contribution in [3.8, 4) is 0 Å². The van der Waals surface area contributed by atoms with Crippen LogP contribution in [0.15, 0.2) is 46.9 Å². The zero-order chi connectivity index (χ0) is 14.2. The first-order valence-electron chi connectivity index (χ1n) is 6.50. The number of nitrogens with one attached hydrogen (secondary N) is 1. The Morgan fingerprint density at radius 1 is 1.10 bits per heavy atom. The molecule has 0 aliphatic carbocycles. The molecule has 4 heteroatoms. The maximum Gasteiger partial charge on any atom is 0.0439 e. The molecule has 3 rings (SSSR count). The quantitative estimate of drug-likeness (QED) is 0.815. The van der Waals surface area contributed by atoms with E-state index >= 15 is 0 Å². The van der Waals surface area contributed by atoms with Gasteiger partial charge in [-0.2, -0.15) is 0 Å². The van der Waals surface area contributed by atoms with Gasteiger partial charge < -0.3 is 5.32 Å². The van der Waals surface area contributed by atoms with E-state index in [2.05, 4.69) is 39.4 Å². The van der Waals surface area contributed by atoms with Gasteiger partial charge in [0.15, 0.2) is 0 Å². The van der Waals surface area contributed by atoms with Crippen LogP contribution in [0.25, 0.3) is 0 Å². The van der Waals surface area contributed by atoms with Crippen LogP contribution in [0.4, 0.5) is 0 Å². The summed E-state index contributed by atoms with van der Waals surface area (Å²) in [5.41, 5.74) is 2.53. The first-order valence-corrected chi connectivity index (χ1v) is 8.05. The molecule has 1 fully saturated rings. The summed E-state index contributed by atoms with van der Waals surface area (Å²) in [7, 11) is 0. The molecule has 1 heterocycles. The third-order valence-electron chi connectivity index (χ3n) is 3.91. The van der Waals surface area contributed by atoms with Gasteiger partial charge in [0.05, 0.1) is 0 Å². The number of rotatable bonds is 3. The van der Waals surface area contributed by atoms with E-state index in [9.17, 15) is 0 Å². The molecule has 104 valence electrons. The Morgan fingerprint density at radius 2 is 1.85 bits per heavy atom. The van der Waals surface area contributed by atoms with Crippen molar-refractivity contribution >= 4 is 39.1 Å². The van der Waals surface area contributed by atoms with Gasteiger partial charge in [0, 0.05) is 33.0 Å². The van der Waals surface area contributed by atoms with Gasteiger partial charge in [0.25, 0.3) is 0 Å². The Morgan fingerprint density at radius 3 is 2.50 bits per heavy atom. The topological polar surface area (TPSA) is 12.0 Å². The van der Waals surface area contributed by atoms with E-state index in [0.717, 1.165) is 39.6 Å². The van der Waals surface area contributed by atoms with Crippen molar-refractivity contribution in [2.75, 3.05) is 13.1 Å². The first-order chi connectivity index (χ1) is 9.61.